The quantitative estimate of drug-likeness (QED) is 0.565. The molecule has 0 radical (unpaired) electrons. The maximum absolute atomic E-state index is 11.7. The van der Waals surface area contributed by atoms with Crippen molar-refractivity contribution < 1.29 is 9.53 Å². The minimum absolute atomic E-state index is 0.349. The zero-order valence-corrected chi connectivity index (χ0v) is 12.5. The third-order valence-electron chi connectivity index (χ3n) is 4.01. The van der Waals surface area contributed by atoms with Crippen LogP contribution in [0.5, 0.6) is 0 Å². The van der Waals surface area contributed by atoms with Crippen molar-refractivity contribution in [2.45, 2.75) is 0 Å². The lowest BCUT2D eigenvalue weighted by Gasteiger charge is -2.03. The van der Waals surface area contributed by atoms with E-state index in [1.165, 1.54) is 12.5 Å². The van der Waals surface area contributed by atoms with Gasteiger partial charge in [0.25, 0.3) is 0 Å². The van der Waals surface area contributed by atoms with Crippen molar-refractivity contribution in [3.05, 3.63) is 66.2 Å². The normalized spacial score (nSPS) is 11.0. The molecule has 0 aliphatic heterocycles. The number of hydrogen-bond acceptors (Lipinski definition) is 3. The van der Waals surface area contributed by atoms with Gasteiger partial charge in [0.2, 0.25) is 0 Å². The van der Waals surface area contributed by atoms with E-state index in [1.54, 1.807) is 6.07 Å². The summed E-state index contributed by atoms with van der Waals surface area (Å²) in [7, 11) is 1.38. The summed E-state index contributed by atoms with van der Waals surface area (Å²) in [6.45, 7) is 0. The molecule has 4 aromatic rings. The molecule has 0 aliphatic rings. The van der Waals surface area contributed by atoms with Crippen LogP contribution in [0.4, 0.5) is 0 Å². The van der Waals surface area contributed by atoms with Gasteiger partial charge in [0.15, 0.2) is 0 Å². The summed E-state index contributed by atoms with van der Waals surface area (Å²) >= 11 is 0. The van der Waals surface area contributed by atoms with Crippen LogP contribution in [-0.4, -0.2) is 23.3 Å². The van der Waals surface area contributed by atoms with E-state index in [1.807, 2.05) is 30.3 Å². The fourth-order valence-corrected chi connectivity index (χ4v) is 2.82. The van der Waals surface area contributed by atoms with Gasteiger partial charge >= 0.3 is 5.97 Å². The minimum Gasteiger partial charge on any atom is -0.465 e. The first kappa shape index (κ1) is 13.5. The number of aromatic amines is 1. The van der Waals surface area contributed by atoms with E-state index in [4.69, 9.17) is 4.74 Å². The standard InChI is InChI=1S/C19H14N2O2/c1-23-19(22)15-8-9-17-16(11-15)18(21-20-17)14-7-6-12-4-2-3-5-13(12)10-14/h2-11H,1H3,(H,20,21). The lowest BCUT2D eigenvalue weighted by atomic mass is 10.0. The number of fused-ring (bicyclic) bond motifs is 2. The first-order chi connectivity index (χ1) is 11.3. The summed E-state index contributed by atoms with van der Waals surface area (Å²) < 4.78 is 4.80. The summed E-state index contributed by atoms with van der Waals surface area (Å²) in [4.78, 5) is 11.7. The number of carbonyl (C=O) groups excluding carboxylic acids is 1. The molecule has 112 valence electrons. The Balaban J connectivity index is 1.91. The van der Waals surface area contributed by atoms with Gasteiger partial charge in [-0.1, -0.05) is 36.4 Å². The molecule has 0 amide bonds. The zero-order chi connectivity index (χ0) is 15.8. The molecule has 0 spiro atoms. The van der Waals surface area contributed by atoms with E-state index in [-0.39, 0.29) is 5.97 Å². The average Bonchev–Trinajstić information content (AvgIpc) is 3.03. The first-order valence-electron chi connectivity index (χ1n) is 7.32. The molecule has 0 fully saturated rings. The average molecular weight is 302 g/mol. The molecule has 23 heavy (non-hydrogen) atoms. The van der Waals surface area contributed by atoms with Crippen molar-refractivity contribution in [3.8, 4) is 11.3 Å². The molecule has 4 rings (SSSR count). The lowest BCUT2D eigenvalue weighted by Crippen LogP contribution is -2.00. The van der Waals surface area contributed by atoms with Crippen LogP contribution in [0.2, 0.25) is 0 Å². The van der Waals surface area contributed by atoms with E-state index in [9.17, 15) is 4.79 Å². The van der Waals surface area contributed by atoms with Crippen LogP contribution in [0.15, 0.2) is 60.7 Å². The van der Waals surface area contributed by atoms with Crippen LogP contribution in [-0.2, 0) is 4.74 Å². The van der Waals surface area contributed by atoms with Gasteiger partial charge in [-0.25, -0.2) is 4.79 Å². The lowest BCUT2D eigenvalue weighted by molar-refractivity contribution is 0.0601. The van der Waals surface area contributed by atoms with Gasteiger partial charge in [0.05, 0.1) is 23.9 Å². The monoisotopic (exact) mass is 302 g/mol. The van der Waals surface area contributed by atoms with Gasteiger partial charge in [-0.3, -0.25) is 5.10 Å². The molecule has 1 N–H and O–H groups in total. The van der Waals surface area contributed by atoms with Crippen molar-refractivity contribution in [3.63, 3.8) is 0 Å². The molecule has 4 heteroatoms. The van der Waals surface area contributed by atoms with Gasteiger partial charge in [0.1, 0.15) is 0 Å². The number of ether oxygens (including phenoxy) is 1. The second kappa shape index (κ2) is 5.25. The molecule has 0 aliphatic carbocycles. The Morgan fingerprint density at radius 1 is 1.00 bits per heavy atom. The maximum Gasteiger partial charge on any atom is 0.337 e. The second-order valence-electron chi connectivity index (χ2n) is 5.39. The van der Waals surface area contributed by atoms with Crippen LogP contribution in [0.3, 0.4) is 0 Å². The smallest absolute Gasteiger partial charge is 0.337 e. The highest BCUT2D eigenvalue weighted by Gasteiger charge is 2.12. The molecule has 0 unspecified atom stereocenters. The summed E-state index contributed by atoms with van der Waals surface area (Å²) in [6, 6.07) is 19.8. The number of aromatic nitrogens is 2. The van der Waals surface area contributed by atoms with Gasteiger partial charge in [-0.2, -0.15) is 5.10 Å². The van der Waals surface area contributed by atoms with E-state index in [0.29, 0.717) is 5.56 Å². The highest BCUT2D eigenvalue weighted by molar-refractivity contribution is 6.00. The molecule has 0 bridgehead atoms. The highest BCUT2D eigenvalue weighted by atomic mass is 16.5. The SMILES string of the molecule is COC(=O)c1ccc2[nH]nc(-c3ccc4ccccc4c3)c2c1. The van der Waals surface area contributed by atoms with Crippen LogP contribution >= 0.6 is 0 Å². The Labute approximate surface area is 132 Å². The molecule has 0 saturated carbocycles. The fourth-order valence-electron chi connectivity index (χ4n) is 2.82. The van der Waals surface area contributed by atoms with Gasteiger partial charge in [-0.05, 0) is 35.0 Å². The van der Waals surface area contributed by atoms with Crippen molar-refractivity contribution >= 4 is 27.6 Å². The van der Waals surface area contributed by atoms with Crippen LogP contribution in [0.25, 0.3) is 32.9 Å². The third-order valence-corrected chi connectivity index (χ3v) is 4.01. The summed E-state index contributed by atoms with van der Waals surface area (Å²) in [5, 5.41) is 10.7. The second-order valence-corrected chi connectivity index (χ2v) is 5.39. The number of rotatable bonds is 2. The highest BCUT2D eigenvalue weighted by Crippen LogP contribution is 2.29. The van der Waals surface area contributed by atoms with Crippen molar-refractivity contribution in [2.75, 3.05) is 7.11 Å². The third kappa shape index (κ3) is 2.25. The molecule has 4 nitrogen and oxygen atoms in total. The van der Waals surface area contributed by atoms with Crippen molar-refractivity contribution in [2.24, 2.45) is 0 Å². The molecule has 0 atom stereocenters. The summed E-state index contributed by atoms with van der Waals surface area (Å²) in [5.41, 5.74) is 3.25. The Kier molecular flexibility index (Phi) is 3.08. The topological polar surface area (TPSA) is 55.0 Å². The van der Waals surface area contributed by atoms with Crippen LogP contribution in [0.1, 0.15) is 10.4 Å². The minimum atomic E-state index is -0.349. The maximum atomic E-state index is 11.7. The predicted molar refractivity (Wildman–Crippen MR) is 90.4 cm³/mol. The predicted octanol–water partition coefficient (Wildman–Crippen LogP) is 4.17. The first-order valence-corrected chi connectivity index (χ1v) is 7.32. The Hall–Kier alpha value is -3.14. The number of nitrogens with one attached hydrogen (secondary N) is 1. The van der Waals surface area contributed by atoms with E-state index in [0.717, 1.165) is 27.5 Å². The van der Waals surface area contributed by atoms with Crippen LogP contribution < -0.4 is 0 Å². The fraction of sp³-hybridized carbons (Fsp3) is 0.0526. The van der Waals surface area contributed by atoms with Crippen molar-refractivity contribution in [1.82, 2.24) is 10.2 Å². The Morgan fingerprint density at radius 3 is 2.65 bits per heavy atom. The van der Waals surface area contributed by atoms with Gasteiger partial charge in [-0.15, -0.1) is 0 Å². The summed E-state index contributed by atoms with van der Waals surface area (Å²) in [6.07, 6.45) is 0. The van der Waals surface area contributed by atoms with Crippen LogP contribution in [0, 0.1) is 0 Å². The number of carbonyl (C=O) groups is 1. The zero-order valence-electron chi connectivity index (χ0n) is 12.5. The molecule has 1 heterocycles. The molecule has 3 aromatic carbocycles. The molecule has 0 saturated heterocycles. The van der Waals surface area contributed by atoms with E-state index in [2.05, 4.69) is 34.5 Å². The van der Waals surface area contributed by atoms with Gasteiger partial charge < -0.3 is 4.74 Å². The molecular weight excluding hydrogens is 288 g/mol. The van der Waals surface area contributed by atoms with E-state index >= 15 is 0 Å². The Morgan fingerprint density at radius 2 is 1.83 bits per heavy atom. The largest absolute Gasteiger partial charge is 0.465 e. The van der Waals surface area contributed by atoms with Gasteiger partial charge in [0, 0.05) is 10.9 Å². The number of hydrogen-bond donors (Lipinski definition) is 1. The summed E-state index contributed by atoms with van der Waals surface area (Å²) in [5.74, 6) is -0.349. The number of esters is 1. The van der Waals surface area contributed by atoms with E-state index < -0.39 is 0 Å². The number of methoxy groups -OCH3 is 1. The Bertz CT molecular complexity index is 1030. The number of H-pyrrole nitrogens is 1. The number of benzene rings is 3. The number of nitrogens with zero attached hydrogens (tertiary/aromatic N) is 1. The van der Waals surface area contributed by atoms with Crippen molar-refractivity contribution in [1.29, 1.82) is 0 Å². The molecule has 1 aromatic heterocycles. The molecular formula is C19H14N2O2.